The first kappa shape index (κ1) is 35.9. The molecule has 0 bridgehead atoms. The van der Waals surface area contributed by atoms with Crippen molar-refractivity contribution < 1.29 is 0 Å². The number of anilines is 3. The Bertz CT molecular complexity index is 3120. The zero-order valence-corrected chi connectivity index (χ0v) is 34.1. The summed E-state index contributed by atoms with van der Waals surface area (Å²) in [6.45, 7) is 0. The molecule has 10 aromatic carbocycles. The Morgan fingerprint density at radius 3 is 0.968 bits per heavy atom. The van der Waals surface area contributed by atoms with Gasteiger partial charge in [0.2, 0.25) is 0 Å². The quantitative estimate of drug-likeness (QED) is 0.155. The molecule has 0 aromatic heterocycles. The first-order valence-corrected chi connectivity index (χ1v) is 21.5. The van der Waals surface area contributed by atoms with E-state index in [0.29, 0.717) is 0 Å². The van der Waals surface area contributed by atoms with Gasteiger partial charge in [-0.15, -0.1) is 0 Å². The first-order chi connectivity index (χ1) is 30.8. The van der Waals surface area contributed by atoms with Gasteiger partial charge in [0.05, 0.1) is 5.41 Å². The van der Waals surface area contributed by atoms with E-state index in [1.54, 1.807) is 0 Å². The molecule has 0 saturated heterocycles. The normalized spacial score (nSPS) is 12.6. The molecule has 290 valence electrons. The van der Waals surface area contributed by atoms with E-state index in [-0.39, 0.29) is 0 Å². The lowest BCUT2D eigenvalue weighted by Gasteiger charge is -2.32. The molecule has 1 spiro atoms. The average molecular weight is 788 g/mol. The van der Waals surface area contributed by atoms with Crippen molar-refractivity contribution >= 4 is 17.1 Å². The van der Waals surface area contributed by atoms with Gasteiger partial charge >= 0.3 is 0 Å². The average Bonchev–Trinajstić information content (AvgIpc) is 3.82. The van der Waals surface area contributed by atoms with Crippen LogP contribution in [0.4, 0.5) is 17.1 Å². The third-order valence-electron chi connectivity index (χ3n) is 13.1. The van der Waals surface area contributed by atoms with Gasteiger partial charge in [0.1, 0.15) is 0 Å². The lowest BCUT2D eigenvalue weighted by molar-refractivity contribution is 0.793. The minimum absolute atomic E-state index is 0.451. The second-order valence-electron chi connectivity index (χ2n) is 16.4. The van der Waals surface area contributed by atoms with E-state index in [4.69, 9.17) is 0 Å². The van der Waals surface area contributed by atoms with Gasteiger partial charge in [-0.25, -0.2) is 0 Å². The van der Waals surface area contributed by atoms with Crippen molar-refractivity contribution in [2.24, 2.45) is 0 Å². The second kappa shape index (κ2) is 14.6. The van der Waals surface area contributed by atoms with Gasteiger partial charge < -0.3 is 4.90 Å². The standard InChI is InChI=1S/C61H41N/c1-3-19-42(20-4-1)49-27-7-9-29-51(49)44-23-17-25-46(39-44)62(47-26-18-24-45(40-47)52-30-10-8-28-50(52)43-21-5-2-6-22-43)48-37-38-56-55-33-13-16-36-59(55)61(60(56)41-48)57-34-14-11-31-53(57)54-32-12-15-35-58(54)61/h1-41H. The van der Waals surface area contributed by atoms with Crippen LogP contribution in [0.15, 0.2) is 249 Å². The zero-order chi connectivity index (χ0) is 41.0. The van der Waals surface area contributed by atoms with E-state index < -0.39 is 5.41 Å². The lowest BCUT2D eigenvalue weighted by Crippen LogP contribution is -2.26. The summed E-state index contributed by atoms with van der Waals surface area (Å²) in [5.41, 5.74) is 23.0. The molecule has 1 heteroatoms. The highest BCUT2D eigenvalue weighted by Crippen LogP contribution is 2.63. The number of hydrogen-bond donors (Lipinski definition) is 0. The van der Waals surface area contributed by atoms with Gasteiger partial charge in [-0.1, -0.05) is 212 Å². The maximum Gasteiger partial charge on any atom is 0.0726 e. The second-order valence-corrected chi connectivity index (χ2v) is 16.4. The van der Waals surface area contributed by atoms with E-state index in [9.17, 15) is 0 Å². The minimum atomic E-state index is -0.451. The topological polar surface area (TPSA) is 3.24 Å². The van der Waals surface area contributed by atoms with Crippen molar-refractivity contribution in [1.82, 2.24) is 0 Å². The van der Waals surface area contributed by atoms with E-state index in [0.717, 1.165) is 17.1 Å². The van der Waals surface area contributed by atoms with Gasteiger partial charge in [0, 0.05) is 17.1 Å². The molecule has 0 aliphatic heterocycles. The smallest absolute Gasteiger partial charge is 0.0726 e. The number of nitrogens with zero attached hydrogens (tertiary/aromatic N) is 1. The highest BCUT2D eigenvalue weighted by Gasteiger charge is 2.51. The Kier molecular flexibility index (Phi) is 8.47. The summed E-state index contributed by atoms with van der Waals surface area (Å²) in [5.74, 6) is 0. The maximum atomic E-state index is 2.49. The maximum absolute atomic E-state index is 2.49. The largest absolute Gasteiger partial charge is 0.310 e. The molecule has 62 heavy (non-hydrogen) atoms. The van der Waals surface area contributed by atoms with E-state index >= 15 is 0 Å². The van der Waals surface area contributed by atoms with Crippen molar-refractivity contribution in [3.05, 3.63) is 271 Å². The number of hydrogen-bond acceptors (Lipinski definition) is 1. The summed E-state index contributed by atoms with van der Waals surface area (Å²) in [7, 11) is 0. The van der Waals surface area contributed by atoms with Crippen molar-refractivity contribution in [1.29, 1.82) is 0 Å². The summed E-state index contributed by atoms with van der Waals surface area (Å²) < 4.78 is 0. The molecular weight excluding hydrogens is 747 g/mol. The Morgan fingerprint density at radius 2 is 0.532 bits per heavy atom. The molecule has 0 N–H and O–H groups in total. The highest BCUT2D eigenvalue weighted by atomic mass is 15.1. The summed E-state index contributed by atoms with van der Waals surface area (Å²) in [4.78, 5) is 2.47. The predicted molar refractivity (Wildman–Crippen MR) is 259 cm³/mol. The van der Waals surface area contributed by atoms with Crippen LogP contribution >= 0.6 is 0 Å². The fourth-order valence-electron chi connectivity index (χ4n) is 10.5. The monoisotopic (exact) mass is 787 g/mol. The number of benzene rings is 10. The summed E-state index contributed by atoms with van der Waals surface area (Å²) in [5, 5.41) is 0. The van der Waals surface area contributed by atoms with Crippen molar-refractivity contribution in [3.8, 4) is 66.8 Å². The SMILES string of the molecule is c1ccc(-c2ccccc2-c2cccc(N(c3cccc(-c4ccccc4-c4ccccc4)c3)c3ccc4c(c3)C3(c5ccccc5-c5ccccc53)c3ccccc3-4)c2)cc1. The number of fused-ring (bicyclic) bond motifs is 10. The molecule has 12 rings (SSSR count). The van der Waals surface area contributed by atoms with Gasteiger partial charge in [-0.2, -0.15) is 0 Å². The Balaban J connectivity index is 1.09. The van der Waals surface area contributed by atoms with Crippen molar-refractivity contribution in [3.63, 3.8) is 0 Å². The van der Waals surface area contributed by atoms with Gasteiger partial charge in [-0.05, 0) is 125 Å². The van der Waals surface area contributed by atoms with Gasteiger partial charge in [-0.3, -0.25) is 0 Å². The molecule has 0 saturated carbocycles. The van der Waals surface area contributed by atoms with Gasteiger partial charge in [0.15, 0.2) is 0 Å². The summed E-state index contributed by atoms with van der Waals surface area (Å²) >= 11 is 0. The lowest BCUT2D eigenvalue weighted by atomic mass is 9.70. The Labute approximate surface area is 363 Å². The molecule has 0 heterocycles. The summed E-state index contributed by atoms with van der Waals surface area (Å²) in [6.07, 6.45) is 0. The molecular formula is C61H41N. The van der Waals surface area contributed by atoms with E-state index in [2.05, 4.69) is 254 Å². The molecule has 0 fully saturated rings. The zero-order valence-electron chi connectivity index (χ0n) is 34.1. The fourth-order valence-corrected chi connectivity index (χ4v) is 10.5. The van der Waals surface area contributed by atoms with Crippen LogP contribution in [0.1, 0.15) is 22.3 Å². The van der Waals surface area contributed by atoms with Crippen molar-refractivity contribution in [2.45, 2.75) is 5.41 Å². The van der Waals surface area contributed by atoms with E-state index in [1.165, 1.54) is 89.0 Å². The molecule has 0 radical (unpaired) electrons. The van der Waals surface area contributed by atoms with Crippen LogP contribution < -0.4 is 4.90 Å². The van der Waals surface area contributed by atoms with Crippen LogP contribution in [0.25, 0.3) is 66.8 Å². The molecule has 0 atom stereocenters. The Morgan fingerprint density at radius 1 is 0.210 bits per heavy atom. The molecule has 1 nitrogen and oxygen atoms in total. The molecule has 0 unspecified atom stereocenters. The molecule has 2 aliphatic rings. The third-order valence-corrected chi connectivity index (χ3v) is 13.1. The predicted octanol–water partition coefficient (Wildman–Crippen LogP) is 16.2. The molecule has 2 aliphatic carbocycles. The summed E-state index contributed by atoms with van der Waals surface area (Å²) in [6, 6.07) is 91.5. The van der Waals surface area contributed by atoms with Crippen LogP contribution in [0.5, 0.6) is 0 Å². The Hall–Kier alpha value is -8.00. The van der Waals surface area contributed by atoms with Crippen LogP contribution in [0.3, 0.4) is 0 Å². The van der Waals surface area contributed by atoms with Crippen LogP contribution in [-0.2, 0) is 5.41 Å². The minimum Gasteiger partial charge on any atom is -0.310 e. The first-order valence-electron chi connectivity index (χ1n) is 21.5. The molecule has 0 amide bonds. The van der Waals surface area contributed by atoms with Crippen LogP contribution in [0.2, 0.25) is 0 Å². The highest BCUT2D eigenvalue weighted by molar-refractivity contribution is 5.97. The molecule has 10 aromatic rings. The van der Waals surface area contributed by atoms with E-state index in [1.807, 2.05) is 0 Å². The fraction of sp³-hybridized carbons (Fsp3) is 0.0164. The van der Waals surface area contributed by atoms with Gasteiger partial charge in [0.25, 0.3) is 0 Å². The third kappa shape index (κ3) is 5.56. The number of rotatable bonds is 7. The van der Waals surface area contributed by atoms with Crippen LogP contribution in [0, 0.1) is 0 Å². The van der Waals surface area contributed by atoms with Crippen LogP contribution in [-0.4, -0.2) is 0 Å². The van der Waals surface area contributed by atoms with Crippen molar-refractivity contribution in [2.75, 3.05) is 4.90 Å².